The quantitative estimate of drug-likeness (QED) is 0.388. The van der Waals surface area contributed by atoms with E-state index in [4.69, 9.17) is 9.47 Å². The number of para-hydroxylation sites is 1. The molecule has 0 aliphatic carbocycles. The average molecular weight is 473 g/mol. The Morgan fingerprint density at radius 1 is 1.09 bits per heavy atom. The number of anilines is 2. The first kappa shape index (κ1) is 20.9. The third-order valence-electron chi connectivity index (χ3n) is 6.17. The van der Waals surface area contributed by atoms with E-state index in [1.807, 2.05) is 41.9 Å². The Morgan fingerprint density at radius 3 is 2.85 bits per heavy atom. The number of rotatable bonds is 5. The Bertz CT molecular complexity index is 1380. The van der Waals surface area contributed by atoms with Crippen molar-refractivity contribution in [2.45, 2.75) is 13.0 Å². The summed E-state index contributed by atoms with van der Waals surface area (Å²) >= 11 is 1.64. The van der Waals surface area contributed by atoms with E-state index in [1.165, 1.54) is 0 Å². The van der Waals surface area contributed by atoms with E-state index in [2.05, 4.69) is 32.3 Å². The highest BCUT2D eigenvalue weighted by Crippen LogP contribution is 2.43. The maximum absolute atomic E-state index is 12.5. The van der Waals surface area contributed by atoms with E-state index in [9.17, 15) is 4.79 Å². The molecule has 1 fully saturated rings. The van der Waals surface area contributed by atoms with Crippen molar-refractivity contribution in [1.29, 1.82) is 0 Å². The third kappa shape index (κ3) is 4.18. The number of morpholine rings is 1. The predicted octanol–water partition coefficient (Wildman–Crippen LogP) is 4.64. The number of fused-ring (bicyclic) bond motifs is 2. The van der Waals surface area contributed by atoms with Crippen LogP contribution >= 0.6 is 11.3 Å². The zero-order valence-electron chi connectivity index (χ0n) is 18.5. The van der Waals surface area contributed by atoms with Crippen LogP contribution in [0.1, 0.15) is 16.1 Å². The number of aromatic amines is 1. The number of pyridine rings is 1. The first-order valence-corrected chi connectivity index (χ1v) is 12.2. The van der Waals surface area contributed by atoms with Crippen LogP contribution in [0.5, 0.6) is 11.5 Å². The number of hydrogen-bond acceptors (Lipinski definition) is 7. The van der Waals surface area contributed by atoms with Crippen LogP contribution in [0.2, 0.25) is 0 Å². The smallest absolute Gasteiger partial charge is 0.250 e. The summed E-state index contributed by atoms with van der Waals surface area (Å²) in [5.41, 5.74) is 5.71. The molecular formula is C26H24N4O3S. The van der Waals surface area contributed by atoms with Crippen molar-refractivity contribution in [3.63, 3.8) is 0 Å². The molecule has 0 bridgehead atoms. The second-order valence-electron chi connectivity index (χ2n) is 8.39. The van der Waals surface area contributed by atoms with E-state index in [0.29, 0.717) is 19.8 Å². The van der Waals surface area contributed by atoms with Gasteiger partial charge in [-0.05, 0) is 35.9 Å². The molecule has 0 unspecified atom stereocenters. The van der Waals surface area contributed by atoms with Crippen LogP contribution in [0, 0.1) is 0 Å². The molecule has 1 saturated heterocycles. The molecule has 0 amide bonds. The van der Waals surface area contributed by atoms with Crippen LogP contribution in [0.4, 0.5) is 11.4 Å². The van der Waals surface area contributed by atoms with Gasteiger partial charge >= 0.3 is 0 Å². The zero-order valence-corrected chi connectivity index (χ0v) is 19.4. The van der Waals surface area contributed by atoms with Gasteiger partial charge < -0.3 is 24.7 Å². The van der Waals surface area contributed by atoms with Gasteiger partial charge in [0, 0.05) is 59.7 Å². The SMILES string of the molecule is O=c1cc(N2CCOCC2)cc(-c2cccc3c2Oc2ccc(NCc4nccs4)cc2C3)[nH]1. The Morgan fingerprint density at radius 2 is 2.00 bits per heavy atom. The molecule has 0 saturated carbocycles. The summed E-state index contributed by atoms with van der Waals surface area (Å²) in [7, 11) is 0. The molecule has 7 nitrogen and oxygen atoms in total. The molecule has 0 spiro atoms. The summed E-state index contributed by atoms with van der Waals surface area (Å²) in [5.74, 6) is 1.64. The van der Waals surface area contributed by atoms with Gasteiger partial charge in [0.05, 0.1) is 25.5 Å². The number of H-pyrrole nitrogens is 1. The lowest BCUT2D eigenvalue weighted by molar-refractivity contribution is 0.122. The molecule has 4 heterocycles. The monoisotopic (exact) mass is 472 g/mol. The van der Waals surface area contributed by atoms with Gasteiger partial charge in [-0.3, -0.25) is 4.79 Å². The van der Waals surface area contributed by atoms with E-state index < -0.39 is 0 Å². The Balaban J connectivity index is 1.29. The van der Waals surface area contributed by atoms with Gasteiger partial charge in [-0.1, -0.05) is 12.1 Å². The van der Waals surface area contributed by atoms with Gasteiger partial charge in [-0.2, -0.15) is 0 Å². The topological polar surface area (TPSA) is 79.5 Å². The van der Waals surface area contributed by atoms with Gasteiger partial charge in [0.2, 0.25) is 5.56 Å². The minimum absolute atomic E-state index is 0.122. The molecule has 4 aromatic rings. The number of benzene rings is 2. The fraction of sp³-hybridized carbons (Fsp3) is 0.231. The molecule has 172 valence electrons. The lowest BCUT2D eigenvalue weighted by Crippen LogP contribution is -2.36. The highest BCUT2D eigenvalue weighted by molar-refractivity contribution is 7.09. The van der Waals surface area contributed by atoms with Crippen molar-refractivity contribution in [2.75, 3.05) is 36.5 Å². The number of nitrogens with one attached hydrogen (secondary N) is 2. The molecule has 0 radical (unpaired) electrons. The second kappa shape index (κ2) is 8.96. The average Bonchev–Trinajstić information content (AvgIpc) is 3.40. The van der Waals surface area contributed by atoms with Crippen LogP contribution in [-0.4, -0.2) is 36.3 Å². The summed E-state index contributed by atoms with van der Waals surface area (Å²) in [6.45, 7) is 3.59. The fourth-order valence-corrected chi connectivity index (χ4v) is 5.05. The Hall–Kier alpha value is -3.62. The number of hydrogen-bond donors (Lipinski definition) is 2. The molecule has 2 aromatic carbocycles. The minimum atomic E-state index is -0.122. The first-order chi connectivity index (χ1) is 16.7. The summed E-state index contributed by atoms with van der Waals surface area (Å²) in [6.07, 6.45) is 2.58. The number of nitrogens with zero attached hydrogens (tertiary/aromatic N) is 2. The lowest BCUT2D eigenvalue weighted by Gasteiger charge is -2.29. The standard InChI is InChI=1S/C26H24N4O3S/c31-24-15-20(30-7-9-32-10-8-30)14-22(29-24)21-3-1-2-17-12-18-13-19(4-5-23(18)33-26(17)21)28-16-25-27-6-11-34-25/h1-6,11,13-15,28H,7-10,12,16H2,(H,29,31). The van der Waals surface area contributed by atoms with Gasteiger partial charge in [-0.25, -0.2) is 4.98 Å². The molecule has 2 aromatic heterocycles. The third-order valence-corrected chi connectivity index (χ3v) is 6.95. The molecule has 2 aliphatic heterocycles. The molecule has 6 rings (SSSR count). The van der Waals surface area contributed by atoms with E-state index in [0.717, 1.165) is 69.8 Å². The van der Waals surface area contributed by atoms with E-state index >= 15 is 0 Å². The van der Waals surface area contributed by atoms with Gasteiger partial charge in [0.15, 0.2) is 0 Å². The minimum Gasteiger partial charge on any atom is -0.456 e. The van der Waals surface area contributed by atoms with Crippen molar-refractivity contribution in [1.82, 2.24) is 9.97 Å². The Labute approximate surface area is 201 Å². The predicted molar refractivity (Wildman–Crippen MR) is 134 cm³/mol. The molecular weight excluding hydrogens is 448 g/mol. The van der Waals surface area contributed by atoms with Crippen molar-refractivity contribution in [3.8, 4) is 22.8 Å². The Kier molecular flexibility index (Phi) is 5.52. The largest absolute Gasteiger partial charge is 0.456 e. The molecule has 2 N–H and O–H groups in total. The second-order valence-corrected chi connectivity index (χ2v) is 9.37. The molecule has 2 aliphatic rings. The summed E-state index contributed by atoms with van der Waals surface area (Å²) < 4.78 is 11.9. The van der Waals surface area contributed by atoms with Gasteiger partial charge in [-0.15, -0.1) is 11.3 Å². The van der Waals surface area contributed by atoms with E-state index in [1.54, 1.807) is 17.4 Å². The van der Waals surface area contributed by atoms with Crippen molar-refractivity contribution >= 4 is 22.7 Å². The maximum Gasteiger partial charge on any atom is 0.250 e. The van der Waals surface area contributed by atoms with Crippen LogP contribution in [0.15, 0.2) is 64.9 Å². The van der Waals surface area contributed by atoms with Crippen LogP contribution in [0.3, 0.4) is 0 Å². The van der Waals surface area contributed by atoms with Crippen molar-refractivity contribution < 1.29 is 9.47 Å². The van der Waals surface area contributed by atoms with Crippen LogP contribution in [0.25, 0.3) is 11.3 Å². The van der Waals surface area contributed by atoms with Crippen molar-refractivity contribution in [3.05, 3.63) is 86.6 Å². The summed E-state index contributed by atoms with van der Waals surface area (Å²) in [5, 5.41) is 6.48. The summed E-state index contributed by atoms with van der Waals surface area (Å²) in [4.78, 5) is 22.0. The van der Waals surface area contributed by atoms with Crippen LogP contribution < -0.4 is 20.5 Å². The first-order valence-electron chi connectivity index (χ1n) is 11.4. The lowest BCUT2D eigenvalue weighted by atomic mass is 9.96. The molecule has 34 heavy (non-hydrogen) atoms. The van der Waals surface area contributed by atoms with Gasteiger partial charge in [0.1, 0.15) is 16.5 Å². The normalized spacial score (nSPS) is 14.8. The van der Waals surface area contributed by atoms with Crippen LogP contribution in [-0.2, 0) is 17.7 Å². The zero-order chi connectivity index (χ0) is 22.9. The molecule has 8 heteroatoms. The maximum atomic E-state index is 12.5. The fourth-order valence-electron chi connectivity index (χ4n) is 4.49. The highest BCUT2D eigenvalue weighted by atomic mass is 32.1. The highest BCUT2D eigenvalue weighted by Gasteiger charge is 2.22. The van der Waals surface area contributed by atoms with Crippen molar-refractivity contribution in [2.24, 2.45) is 0 Å². The number of ether oxygens (including phenoxy) is 2. The summed E-state index contributed by atoms with van der Waals surface area (Å²) in [6, 6.07) is 16.0. The number of aromatic nitrogens is 2. The molecule has 0 atom stereocenters. The van der Waals surface area contributed by atoms with E-state index in [-0.39, 0.29) is 5.56 Å². The van der Waals surface area contributed by atoms with Gasteiger partial charge in [0.25, 0.3) is 0 Å². The number of thiazole rings is 1.